The van der Waals surface area contributed by atoms with Gasteiger partial charge in [-0.05, 0) is 0 Å². The number of rotatable bonds is 8. The summed E-state index contributed by atoms with van der Waals surface area (Å²) in [5, 5.41) is 4.84. The van der Waals surface area contributed by atoms with Crippen molar-refractivity contribution in [2.45, 2.75) is 17.9 Å². The molecule has 0 heterocycles. The van der Waals surface area contributed by atoms with E-state index < -0.39 is 0 Å². The Hall–Kier alpha value is 4.46. The third kappa shape index (κ3) is 36.2. The van der Waals surface area contributed by atoms with Gasteiger partial charge in [-0.3, -0.25) is 0 Å². The van der Waals surface area contributed by atoms with Crippen molar-refractivity contribution in [3.63, 3.8) is 0 Å². The molecule has 0 aliphatic heterocycles. The topological polar surface area (TPSA) is 0 Å². The first-order valence-corrected chi connectivity index (χ1v) is 15.3. The number of hydrogen-bond acceptors (Lipinski definition) is 0. The summed E-state index contributed by atoms with van der Waals surface area (Å²) in [6.07, 6.45) is 0. The van der Waals surface area contributed by atoms with Crippen LogP contribution in [0.1, 0.15) is 0 Å². The Bertz CT molecular complexity index is 70.9. The molecule has 0 aliphatic carbocycles. The zero-order valence-corrected chi connectivity index (χ0v) is 23.2. The van der Waals surface area contributed by atoms with E-state index in [0.717, 1.165) is 0 Å². The first-order chi connectivity index (χ1) is 6.83. The summed E-state index contributed by atoms with van der Waals surface area (Å²) < 4.78 is 5.76. The van der Waals surface area contributed by atoms with E-state index in [1.807, 2.05) is 0 Å². The molecule has 0 radical (unpaired) electrons. The summed E-state index contributed by atoms with van der Waals surface area (Å²) in [7, 11) is 0. The second-order valence-corrected chi connectivity index (χ2v) is 12.1. The van der Waals surface area contributed by atoms with Crippen LogP contribution in [-0.2, 0) is 0 Å². The predicted octanol–water partition coefficient (Wildman–Crippen LogP) is 5.79. The van der Waals surface area contributed by atoms with E-state index in [0.29, 0.717) is 41.8 Å². The molecule has 0 aromatic rings. The van der Waals surface area contributed by atoms with Crippen molar-refractivity contribution in [2.24, 2.45) is 0 Å². The zero-order chi connectivity index (χ0) is 11.1. The van der Waals surface area contributed by atoms with Gasteiger partial charge in [0.25, 0.3) is 0 Å². The minimum absolute atomic E-state index is 0. The van der Waals surface area contributed by atoms with Gasteiger partial charge in [-0.25, -0.2) is 0 Å². The van der Waals surface area contributed by atoms with E-state index in [-0.39, 0.29) is 34.0 Å². The van der Waals surface area contributed by atoms with Gasteiger partial charge in [-0.15, -0.1) is 34.0 Å². The molecule has 0 aromatic carbocycles. The van der Waals surface area contributed by atoms with Crippen molar-refractivity contribution in [3.8, 4) is 0 Å². The molecule has 8 heteroatoms. The summed E-state index contributed by atoms with van der Waals surface area (Å²) in [5.41, 5.74) is 0. The molecular formula is C8H18Br6Te2. The van der Waals surface area contributed by atoms with Crippen LogP contribution in [0.2, 0.25) is 17.9 Å². The Labute approximate surface area is 175 Å². The average Bonchev–Trinajstić information content (AvgIpc) is 2.21. The van der Waals surface area contributed by atoms with Gasteiger partial charge in [0.2, 0.25) is 0 Å². The summed E-state index contributed by atoms with van der Waals surface area (Å²) in [5.74, 6) is 0. The fourth-order valence-corrected chi connectivity index (χ4v) is 8.98. The standard InChI is InChI=1S/2C4H8Br2Te.2BrH/c2*5-1-3-7-4-2-6;;/h2*1-4H2;2*1H. The van der Waals surface area contributed by atoms with Crippen molar-refractivity contribution < 1.29 is 0 Å². The normalized spacial score (nSPS) is 8.25. The van der Waals surface area contributed by atoms with Crippen LogP contribution in [-0.4, -0.2) is 63.2 Å². The zero-order valence-electron chi connectivity index (χ0n) is 8.80. The van der Waals surface area contributed by atoms with Crippen LogP contribution in [0.3, 0.4) is 0 Å². The third-order valence-corrected chi connectivity index (χ3v) is 14.6. The molecule has 0 aliphatic rings. The van der Waals surface area contributed by atoms with E-state index in [9.17, 15) is 0 Å². The molecule has 0 fully saturated rings. The van der Waals surface area contributed by atoms with Gasteiger partial charge in [0, 0.05) is 0 Å². The van der Waals surface area contributed by atoms with Crippen LogP contribution in [0.15, 0.2) is 0 Å². The predicted molar refractivity (Wildman–Crippen MR) is 107 cm³/mol. The quantitative estimate of drug-likeness (QED) is 0.165. The molecule has 0 amide bonds. The fraction of sp³-hybridized carbons (Fsp3) is 1.00. The molecule has 0 rings (SSSR count). The third-order valence-electron chi connectivity index (χ3n) is 0.886. The molecule has 0 aromatic heterocycles. The van der Waals surface area contributed by atoms with E-state index in [4.69, 9.17) is 0 Å². The molecule has 0 saturated carbocycles. The molecule has 0 saturated heterocycles. The molecule has 0 bridgehead atoms. The van der Waals surface area contributed by atoms with E-state index in [2.05, 4.69) is 63.7 Å². The monoisotopic (exact) mass is 847 g/mol. The SMILES string of the molecule is Br.Br.BrCC[Te]CCBr.BrCC[Te]CCBr. The summed E-state index contributed by atoms with van der Waals surface area (Å²) >= 11 is 14.4. The van der Waals surface area contributed by atoms with Gasteiger partial charge >= 0.3 is 145 Å². The number of halogens is 6. The van der Waals surface area contributed by atoms with Crippen LogP contribution in [0.25, 0.3) is 0 Å². The molecule has 0 unspecified atom stereocenters. The maximum absolute atomic E-state index is 3.40. The van der Waals surface area contributed by atoms with Crippen LogP contribution >= 0.6 is 97.7 Å². The first-order valence-electron chi connectivity index (χ1n) is 4.22. The summed E-state index contributed by atoms with van der Waals surface area (Å²) in [4.78, 5) is 0. The van der Waals surface area contributed by atoms with Crippen LogP contribution < -0.4 is 0 Å². The Morgan fingerprint density at radius 2 is 0.688 bits per heavy atom. The van der Waals surface area contributed by atoms with Crippen molar-refractivity contribution in [3.05, 3.63) is 0 Å². The molecule has 0 atom stereocenters. The number of alkyl halides is 4. The Balaban J connectivity index is -0.0000000800. The van der Waals surface area contributed by atoms with Gasteiger partial charge < -0.3 is 0 Å². The van der Waals surface area contributed by atoms with Gasteiger partial charge in [-0.2, -0.15) is 0 Å². The fourth-order valence-electron chi connectivity index (χ4n) is 0.422. The van der Waals surface area contributed by atoms with Crippen LogP contribution in [0.5, 0.6) is 0 Å². The maximum atomic E-state index is 3.40. The van der Waals surface area contributed by atoms with Gasteiger partial charge in [0.1, 0.15) is 0 Å². The second kappa shape index (κ2) is 31.7. The first kappa shape index (κ1) is 28.6. The van der Waals surface area contributed by atoms with E-state index in [1.165, 1.54) is 39.2 Å². The molecule has 16 heavy (non-hydrogen) atoms. The van der Waals surface area contributed by atoms with Crippen molar-refractivity contribution in [1.29, 1.82) is 0 Å². The van der Waals surface area contributed by atoms with E-state index >= 15 is 0 Å². The second-order valence-electron chi connectivity index (χ2n) is 1.98. The van der Waals surface area contributed by atoms with Gasteiger partial charge in [-0.1, -0.05) is 0 Å². The van der Waals surface area contributed by atoms with Gasteiger partial charge in [0.15, 0.2) is 0 Å². The van der Waals surface area contributed by atoms with Crippen molar-refractivity contribution in [2.75, 3.05) is 21.3 Å². The Morgan fingerprint density at radius 1 is 0.500 bits per heavy atom. The minimum atomic E-state index is 0. The van der Waals surface area contributed by atoms with E-state index in [1.54, 1.807) is 0 Å². The average molecular weight is 849 g/mol. The molecule has 0 spiro atoms. The Morgan fingerprint density at radius 3 is 0.812 bits per heavy atom. The molecule has 0 N–H and O–H groups in total. The van der Waals surface area contributed by atoms with Crippen LogP contribution in [0, 0.1) is 0 Å². The number of hydrogen-bond donors (Lipinski definition) is 0. The van der Waals surface area contributed by atoms with Crippen LogP contribution in [0.4, 0.5) is 0 Å². The Kier molecular flexibility index (Phi) is 56.7. The molecular weight excluding hydrogens is 831 g/mol. The summed E-state index contributed by atoms with van der Waals surface area (Å²) in [6, 6.07) is 0. The van der Waals surface area contributed by atoms with Gasteiger partial charge in [0.05, 0.1) is 0 Å². The van der Waals surface area contributed by atoms with Crippen molar-refractivity contribution in [1.82, 2.24) is 0 Å². The van der Waals surface area contributed by atoms with Crippen molar-refractivity contribution >= 4 is 140 Å². The summed E-state index contributed by atoms with van der Waals surface area (Å²) in [6.45, 7) is 0. The molecule has 104 valence electrons. The molecule has 0 nitrogen and oxygen atoms in total.